The Bertz CT molecular complexity index is 311. The van der Waals surface area contributed by atoms with E-state index < -0.39 is 5.54 Å². The number of nitrogens with two attached hydrogens (primary N) is 1. The highest BCUT2D eigenvalue weighted by molar-refractivity contribution is 5.85. The van der Waals surface area contributed by atoms with Crippen molar-refractivity contribution in [3.8, 4) is 0 Å². The largest absolute Gasteiger partial charge is 0.384 e. The molecule has 0 aromatic rings. The summed E-state index contributed by atoms with van der Waals surface area (Å²) in [7, 11) is 3.60. The Balaban J connectivity index is 1.91. The summed E-state index contributed by atoms with van der Waals surface area (Å²) < 4.78 is 5.22. The number of likely N-dealkylation sites (tertiary alicyclic amines) is 1. The molecule has 1 heterocycles. The van der Waals surface area contributed by atoms with E-state index in [0.29, 0.717) is 12.0 Å². The number of likely N-dealkylation sites (N-methyl/N-ethyl adjacent to an activating group) is 1. The highest BCUT2D eigenvalue weighted by atomic mass is 16.5. The Morgan fingerprint density at radius 2 is 2.33 bits per heavy atom. The number of hydrogen-bond donors (Lipinski definition) is 2. The van der Waals surface area contributed by atoms with E-state index in [1.54, 1.807) is 7.11 Å². The van der Waals surface area contributed by atoms with Gasteiger partial charge in [0.05, 0.1) is 12.1 Å². The summed E-state index contributed by atoms with van der Waals surface area (Å²) in [6.45, 7) is 3.06. The molecule has 5 nitrogen and oxygen atoms in total. The number of nitrogens with zero attached hydrogens (tertiary/aromatic N) is 1. The van der Waals surface area contributed by atoms with Gasteiger partial charge in [0.15, 0.2) is 0 Å². The molecule has 1 saturated carbocycles. The van der Waals surface area contributed by atoms with Gasteiger partial charge in [-0.2, -0.15) is 0 Å². The zero-order chi connectivity index (χ0) is 13.2. The molecule has 0 spiro atoms. The Kier molecular flexibility index (Phi) is 4.25. The quantitative estimate of drug-likeness (QED) is 0.723. The second kappa shape index (κ2) is 5.55. The molecular formula is C13H25N3O2. The third-order valence-electron chi connectivity index (χ3n) is 4.67. The molecule has 0 radical (unpaired) electrons. The molecule has 1 amide bonds. The van der Waals surface area contributed by atoms with E-state index in [2.05, 4.69) is 10.2 Å². The minimum atomic E-state index is -0.482. The molecule has 1 saturated heterocycles. The molecule has 1 aliphatic heterocycles. The summed E-state index contributed by atoms with van der Waals surface area (Å²) in [5.74, 6) is 0.438. The zero-order valence-corrected chi connectivity index (χ0v) is 11.4. The minimum absolute atomic E-state index is 0.208. The summed E-state index contributed by atoms with van der Waals surface area (Å²) in [6.07, 6.45) is 3.96. The van der Waals surface area contributed by atoms with Crippen LogP contribution in [0.1, 0.15) is 25.7 Å². The van der Waals surface area contributed by atoms with Crippen LogP contribution in [0.5, 0.6) is 0 Å². The molecule has 0 bridgehead atoms. The van der Waals surface area contributed by atoms with Crippen LogP contribution >= 0.6 is 0 Å². The van der Waals surface area contributed by atoms with Gasteiger partial charge in [-0.1, -0.05) is 0 Å². The highest BCUT2D eigenvalue weighted by Gasteiger charge is 2.45. The molecule has 0 aromatic heterocycles. The third kappa shape index (κ3) is 2.53. The second-order valence-corrected chi connectivity index (χ2v) is 5.70. The van der Waals surface area contributed by atoms with Crippen molar-refractivity contribution in [3.63, 3.8) is 0 Å². The predicted octanol–water partition coefficient (Wildman–Crippen LogP) is -0.0493. The first-order valence-corrected chi connectivity index (χ1v) is 6.83. The molecule has 18 heavy (non-hydrogen) atoms. The molecular weight excluding hydrogens is 230 g/mol. The van der Waals surface area contributed by atoms with Crippen LogP contribution in [-0.2, 0) is 9.53 Å². The van der Waals surface area contributed by atoms with Gasteiger partial charge in [0, 0.05) is 19.7 Å². The van der Waals surface area contributed by atoms with Crippen LogP contribution in [0, 0.1) is 5.92 Å². The van der Waals surface area contributed by atoms with E-state index in [-0.39, 0.29) is 5.91 Å². The van der Waals surface area contributed by atoms with E-state index in [4.69, 9.17) is 10.5 Å². The fourth-order valence-corrected chi connectivity index (χ4v) is 3.47. The smallest absolute Gasteiger partial charge is 0.237 e. The summed E-state index contributed by atoms with van der Waals surface area (Å²) in [5, 5.41) is 3.14. The molecule has 3 N–H and O–H groups in total. The number of rotatable bonds is 5. The second-order valence-electron chi connectivity index (χ2n) is 5.70. The molecule has 104 valence electrons. The van der Waals surface area contributed by atoms with Crippen molar-refractivity contribution in [1.29, 1.82) is 0 Å². The predicted molar refractivity (Wildman–Crippen MR) is 70.2 cm³/mol. The number of ether oxygens (including phenoxy) is 1. The molecule has 1 aliphatic carbocycles. The summed E-state index contributed by atoms with van der Waals surface area (Å²) in [4.78, 5) is 14.1. The van der Waals surface area contributed by atoms with Gasteiger partial charge in [-0.15, -0.1) is 0 Å². The van der Waals surface area contributed by atoms with Gasteiger partial charge >= 0.3 is 0 Å². The average Bonchev–Trinajstić information content (AvgIpc) is 2.95. The van der Waals surface area contributed by atoms with Gasteiger partial charge in [-0.3, -0.25) is 9.69 Å². The van der Waals surface area contributed by atoms with Crippen molar-refractivity contribution >= 4 is 5.91 Å². The lowest BCUT2D eigenvalue weighted by Gasteiger charge is -2.28. The van der Waals surface area contributed by atoms with Gasteiger partial charge in [-0.05, 0) is 45.2 Å². The average molecular weight is 255 g/mol. The van der Waals surface area contributed by atoms with Crippen LogP contribution in [0.25, 0.3) is 0 Å². The standard InChI is InChI=1S/C13H25N3O2/c1-15-13(12(14)17)5-3-11(7-13)16-6-4-10(8-16)9-18-2/h10-11,15H,3-9H2,1-2H3,(H2,14,17). The van der Waals surface area contributed by atoms with E-state index in [0.717, 1.165) is 39.0 Å². The number of primary amides is 1. The molecule has 2 rings (SSSR count). The highest BCUT2D eigenvalue weighted by Crippen LogP contribution is 2.35. The summed E-state index contributed by atoms with van der Waals surface area (Å²) in [5.41, 5.74) is 5.06. The van der Waals surface area contributed by atoms with Crippen LogP contribution < -0.4 is 11.1 Å². The Morgan fingerprint density at radius 1 is 1.56 bits per heavy atom. The van der Waals surface area contributed by atoms with Crippen molar-refractivity contribution in [3.05, 3.63) is 0 Å². The zero-order valence-electron chi connectivity index (χ0n) is 11.4. The van der Waals surface area contributed by atoms with E-state index in [1.807, 2.05) is 7.05 Å². The number of amides is 1. The summed E-state index contributed by atoms with van der Waals surface area (Å²) in [6, 6.07) is 0.492. The normalized spacial score (nSPS) is 37.2. The van der Waals surface area contributed by atoms with Crippen LogP contribution in [-0.4, -0.2) is 56.2 Å². The van der Waals surface area contributed by atoms with Crippen LogP contribution in [0.4, 0.5) is 0 Å². The van der Waals surface area contributed by atoms with Crippen molar-refractivity contribution in [1.82, 2.24) is 10.2 Å². The van der Waals surface area contributed by atoms with E-state index in [9.17, 15) is 4.79 Å². The van der Waals surface area contributed by atoms with Gasteiger partial charge in [0.2, 0.25) is 5.91 Å². The van der Waals surface area contributed by atoms with Crippen molar-refractivity contribution in [2.24, 2.45) is 11.7 Å². The maximum atomic E-state index is 11.6. The number of hydrogen-bond acceptors (Lipinski definition) is 4. The number of nitrogens with one attached hydrogen (secondary N) is 1. The van der Waals surface area contributed by atoms with Crippen LogP contribution in [0.3, 0.4) is 0 Å². The van der Waals surface area contributed by atoms with Crippen molar-refractivity contribution in [2.45, 2.75) is 37.3 Å². The number of carbonyl (C=O) groups excluding carboxylic acids is 1. The lowest BCUT2D eigenvalue weighted by atomic mass is 9.96. The molecule has 0 aromatic carbocycles. The lowest BCUT2D eigenvalue weighted by Crippen LogP contribution is -2.53. The maximum Gasteiger partial charge on any atom is 0.237 e. The van der Waals surface area contributed by atoms with E-state index >= 15 is 0 Å². The van der Waals surface area contributed by atoms with Gasteiger partial charge in [0.25, 0.3) is 0 Å². The van der Waals surface area contributed by atoms with Crippen LogP contribution in [0.2, 0.25) is 0 Å². The molecule has 2 fully saturated rings. The third-order valence-corrected chi connectivity index (χ3v) is 4.67. The number of methoxy groups -OCH3 is 1. The Morgan fingerprint density at radius 3 is 2.89 bits per heavy atom. The van der Waals surface area contributed by atoms with Crippen molar-refractivity contribution < 1.29 is 9.53 Å². The first-order valence-electron chi connectivity index (χ1n) is 6.83. The number of carbonyl (C=O) groups is 1. The monoisotopic (exact) mass is 255 g/mol. The van der Waals surface area contributed by atoms with E-state index in [1.165, 1.54) is 6.42 Å². The Hall–Kier alpha value is -0.650. The molecule has 3 atom stereocenters. The van der Waals surface area contributed by atoms with Gasteiger partial charge in [0.1, 0.15) is 0 Å². The molecule has 5 heteroatoms. The maximum absolute atomic E-state index is 11.6. The topological polar surface area (TPSA) is 67.6 Å². The fourth-order valence-electron chi connectivity index (χ4n) is 3.47. The first kappa shape index (κ1) is 13.8. The van der Waals surface area contributed by atoms with Gasteiger partial charge in [-0.25, -0.2) is 0 Å². The SMILES string of the molecule is CNC1(C(N)=O)CCC(N2CCC(COC)C2)C1. The lowest BCUT2D eigenvalue weighted by molar-refractivity contribution is -0.124. The fraction of sp³-hybridized carbons (Fsp3) is 0.923. The van der Waals surface area contributed by atoms with Crippen molar-refractivity contribution in [2.75, 3.05) is 33.9 Å². The Labute approximate surface area is 109 Å². The summed E-state index contributed by atoms with van der Waals surface area (Å²) >= 11 is 0. The minimum Gasteiger partial charge on any atom is -0.384 e. The van der Waals surface area contributed by atoms with Gasteiger partial charge < -0.3 is 15.8 Å². The molecule has 3 unspecified atom stereocenters. The first-order chi connectivity index (χ1) is 8.61. The molecule has 2 aliphatic rings. The van der Waals surface area contributed by atoms with Crippen LogP contribution in [0.15, 0.2) is 0 Å².